The summed E-state index contributed by atoms with van der Waals surface area (Å²) in [6.07, 6.45) is 0. The molecule has 1 aliphatic rings. The topological polar surface area (TPSA) is 59.2 Å². The quantitative estimate of drug-likeness (QED) is 0.494. The van der Waals surface area contributed by atoms with E-state index < -0.39 is 0 Å². The summed E-state index contributed by atoms with van der Waals surface area (Å²) in [6.45, 7) is 1.99. The van der Waals surface area contributed by atoms with Gasteiger partial charge in [0.05, 0.1) is 5.69 Å². The molecule has 0 aliphatic heterocycles. The molecule has 0 saturated heterocycles. The van der Waals surface area contributed by atoms with Crippen LogP contribution in [-0.4, -0.2) is 10.8 Å². The number of ketones is 1. The molecule has 0 unspecified atom stereocenters. The molecule has 0 atom stereocenters. The monoisotopic (exact) mass is 353 g/mol. The third-order valence-corrected chi connectivity index (χ3v) is 4.93. The first-order chi connectivity index (χ1) is 13.1. The molecule has 130 valence electrons. The standard InChI is InChI=1S/C23H15NO3/c1-13-9-11-14(12-10-13)27-22-18-8-4-7-17-19(18)20(24-23(22)26)15-5-2-3-6-16(15)21(17)25/h2-12H,1H3,(H,24,26). The number of pyridine rings is 1. The van der Waals surface area contributed by atoms with Crippen molar-refractivity contribution in [1.82, 2.24) is 4.98 Å². The fraction of sp³-hybridized carbons (Fsp3) is 0.0435. The van der Waals surface area contributed by atoms with Crippen LogP contribution in [0.1, 0.15) is 21.5 Å². The van der Waals surface area contributed by atoms with E-state index in [1.54, 1.807) is 18.2 Å². The Balaban J connectivity index is 1.81. The van der Waals surface area contributed by atoms with Crippen LogP contribution in [0.15, 0.2) is 71.5 Å². The van der Waals surface area contributed by atoms with Gasteiger partial charge in [0.25, 0.3) is 5.56 Å². The first-order valence-electron chi connectivity index (χ1n) is 8.71. The summed E-state index contributed by atoms with van der Waals surface area (Å²) in [4.78, 5) is 28.7. The Morgan fingerprint density at radius 2 is 1.48 bits per heavy atom. The summed E-state index contributed by atoms with van der Waals surface area (Å²) in [5, 5.41) is 1.36. The number of benzene rings is 3. The van der Waals surface area contributed by atoms with E-state index in [1.165, 1.54) is 0 Å². The number of nitrogens with one attached hydrogen (secondary N) is 1. The van der Waals surface area contributed by atoms with E-state index in [-0.39, 0.29) is 17.1 Å². The minimum atomic E-state index is -0.320. The molecule has 0 radical (unpaired) electrons. The minimum Gasteiger partial charge on any atom is -0.451 e. The molecule has 5 rings (SSSR count). The van der Waals surface area contributed by atoms with Crippen LogP contribution in [0.25, 0.3) is 22.0 Å². The van der Waals surface area contributed by atoms with E-state index in [1.807, 2.05) is 55.5 Å². The highest BCUT2D eigenvalue weighted by molar-refractivity contribution is 6.25. The zero-order valence-electron chi connectivity index (χ0n) is 14.6. The van der Waals surface area contributed by atoms with Gasteiger partial charge in [-0.3, -0.25) is 9.59 Å². The zero-order valence-corrected chi connectivity index (χ0v) is 14.6. The lowest BCUT2D eigenvalue weighted by atomic mass is 9.85. The highest BCUT2D eigenvalue weighted by Crippen LogP contribution is 2.40. The maximum absolute atomic E-state index is 13.0. The predicted molar refractivity (Wildman–Crippen MR) is 105 cm³/mol. The van der Waals surface area contributed by atoms with Gasteiger partial charge in [0, 0.05) is 27.5 Å². The van der Waals surface area contributed by atoms with Crippen molar-refractivity contribution < 1.29 is 9.53 Å². The third-order valence-electron chi connectivity index (χ3n) is 4.93. The second kappa shape index (κ2) is 5.68. The average molecular weight is 353 g/mol. The van der Waals surface area contributed by atoms with E-state index >= 15 is 0 Å². The first kappa shape index (κ1) is 15.6. The Morgan fingerprint density at radius 3 is 2.26 bits per heavy atom. The number of hydrogen-bond acceptors (Lipinski definition) is 3. The smallest absolute Gasteiger partial charge is 0.292 e. The van der Waals surface area contributed by atoms with Crippen LogP contribution in [0.2, 0.25) is 0 Å². The fourth-order valence-corrected chi connectivity index (χ4v) is 3.63. The molecular formula is C23H15NO3. The highest BCUT2D eigenvalue weighted by atomic mass is 16.5. The van der Waals surface area contributed by atoms with Crippen LogP contribution in [-0.2, 0) is 0 Å². The number of rotatable bonds is 2. The molecular weight excluding hydrogens is 338 g/mol. The second-order valence-corrected chi connectivity index (χ2v) is 6.68. The first-order valence-corrected chi connectivity index (χ1v) is 8.71. The molecule has 27 heavy (non-hydrogen) atoms. The minimum absolute atomic E-state index is 0.0444. The lowest BCUT2D eigenvalue weighted by molar-refractivity contribution is 0.104. The van der Waals surface area contributed by atoms with Gasteiger partial charge in [0.1, 0.15) is 5.75 Å². The summed E-state index contributed by atoms with van der Waals surface area (Å²) in [5.41, 5.74) is 3.36. The Hall–Kier alpha value is -3.66. The molecule has 1 aromatic heterocycles. The van der Waals surface area contributed by atoms with Gasteiger partial charge in [-0.25, -0.2) is 0 Å². The number of aromatic nitrogens is 1. The zero-order chi connectivity index (χ0) is 18.5. The van der Waals surface area contributed by atoms with E-state index in [9.17, 15) is 9.59 Å². The van der Waals surface area contributed by atoms with Crippen LogP contribution >= 0.6 is 0 Å². The molecule has 3 aromatic carbocycles. The van der Waals surface area contributed by atoms with Crippen LogP contribution in [0.4, 0.5) is 0 Å². The Kier molecular flexibility index (Phi) is 3.28. The highest BCUT2D eigenvalue weighted by Gasteiger charge is 2.27. The predicted octanol–water partition coefficient (Wildman–Crippen LogP) is 4.84. The molecule has 0 saturated carbocycles. The van der Waals surface area contributed by atoms with Gasteiger partial charge in [0.2, 0.25) is 0 Å². The summed E-state index contributed by atoms with van der Waals surface area (Å²) in [7, 11) is 0. The average Bonchev–Trinajstić information content (AvgIpc) is 2.70. The van der Waals surface area contributed by atoms with Crippen molar-refractivity contribution >= 4 is 16.6 Å². The van der Waals surface area contributed by atoms with Crippen LogP contribution < -0.4 is 10.3 Å². The maximum atomic E-state index is 13.0. The molecule has 0 amide bonds. The second-order valence-electron chi connectivity index (χ2n) is 6.68. The summed E-state index contributed by atoms with van der Waals surface area (Å²) < 4.78 is 5.92. The van der Waals surface area contributed by atoms with Crippen LogP contribution in [0.5, 0.6) is 11.5 Å². The Morgan fingerprint density at radius 1 is 0.778 bits per heavy atom. The van der Waals surface area contributed by atoms with Gasteiger partial charge >= 0.3 is 0 Å². The largest absolute Gasteiger partial charge is 0.451 e. The van der Waals surface area contributed by atoms with Gasteiger partial charge < -0.3 is 9.72 Å². The fourth-order valence-electron chi connectivity index (χ4n) is 3.63. The molecule has 0 bridgehead atoms. The van der Waals surface area contributed by atoms with Crippen molar-refractivity contribution in [2.75, 3.05) is 0 Å². The summed E-state index contributed by atoms with van der Waals surface area (Å²) in [5.74, 6) is 0.734. The van der Waals surface area contributed by atoms with Gasteiger partial charge in [-0.2, -0.15) is 0 Å². The third kappa shape index (κ3) is 2.30. The molecule has 1 N–H and O–H groups in total. The van der Waals surface area contributed by atoms with Crippen LogP contribution in [0.3, 0.4) is 0 Å². The molecule has 1 heterocycles. The van der Waals surface area contributed by atoms with Crippen molar-refractivity contribution in [3.8, 4) is 22.8 Å². The van der Waals surface area contributed by atoms with Gasteiger partial charge in [-0.05, 0) is 19.1 Å². The van der Waals surface area contributed by atoms with Gasteiger partial charge in [0.15, 0.2) is 11.5 Å². The molecule has 4 nitrogen and oxygen atoms in total. The lowest BCUT2D eigenvalue weighted by Crippen LogP contribution is -2.17. The number of hydrogen-bond donors (Lipinski definition) is 1. The Labute approximate surface area is 155 Å². The normalized spacial score (nSPS) is 12.1. The molecule has 4 heteroatoms. The SMILES string of the molecule is Cc1ccc(Oc2c(=O)[nH]c3c4c(cccc24)C(=O)c2ccccc2-3)cc1. The number of ether oxygens (including phenoxy) is 1. The van der Waals surface area contributed by atoms with E-state index in [0.717, 1.165) is 16.5 Å². The number of fused-ring (bicyclic) bond motifs is 2. The summed E-state index contributed by atoms with van der Waals surface area (Å²) in [6, 6.07) is 20.2. The molecule has 4 aromatic rings. The van der Waals surface area contributed by atoms with Gasteiger partial charge in [-0.1, -0.05) is 60.2 Å². The number of carbonyl (C=O) groups is 1. The van der Waals surface area contributed by atoms with E-state index in [2.05, 4.69) is 4.98 Å². The van der Waals surface area contributed by atoms with Crippen molar-refractivity contribution in [3.05, 3.63) is 93.8 Å². The number of aromatic amines is 1. The summed E-state index contributed by atoms with van der Waals surface area (Å²) >= 11 is 0. The van der Waals surface area contributed by atoms with Gasteiger partial charge in [-0.15, -0.1) is 0 Å². The molecule has 0 spiro atoms. The number of H-pyrrole nitrogens is 1. The Bertz CT molecular complexity index is 1280. The van der Waals surface area contributed by atoms with Crippen molar-refractivity contribution in [2.24, 2.45) is 0 Å². The number of carbonyl (C=O) groups excluding carboxylic acids is 1. The van der Waals surface area contributed by atoms with Crippen molar-refractivity contribution in [2.45, 2.75) is 6.92 Å². The van der Waals surface area contributed by atoms with Crippen molar-refractivity contribution in [1.29, 1.82) is 0 Å². The van der Waals surface area contributed by atoms with E-state index in [0.29, 0.717) is 28.0 Å². The van der Waals surface area contributed by atoms with E-state index in [4.69, 9.17) is 4.74 Å². The molecule has 0 fully saturated rings. The van der Waals surface area contributed by atoms with Crippen LogP contribution in [0, 0.1) is 6.92 Å². The lowest BCUT2D eigenvalue weighted by Gasteiger charge is -2.20. The number of aryl methyl sites for hydroxylation is 1. The molecule has 1 aliphatic carbocycles. The maximum Gasteiger partial charge on any atom is 0.292 e. The van der Waals surface area contributed by atoms with Crippen molar-refractivity contribution in [3.63, 3.8) is 0 Å².